The highest BCUT2D eigenvalue weighted by molar-refractivity contribution is 7.71. The molecule has 33 heavy (non-hydrogen) atoms. The van der Waals surface area contributed by atoms with Crippen molar-refractivity contribution in [3.05, 3.63) is 59.4 Å². The maximum absolute atomic E-state index is 5.86. The highest BCUT2D eigenvalue weighted by Crippen LogP contribution is 2.35. The average Bonchev–Trinajstić information content (AvgIpc) is 3.37. The molecule has 0 saturated heterocycles. The summed E-state index contributed by atoms with van der Waals surface area (Å²) in [6, 6.07) is 19.0. The number of aromatic nitrogens is 4. The Kier molecular flexibility index (Phi) is 5.47. The van der Waals surface area contributed by atoms with Gasteiger partial charge in [-0.3, -0.25) is 5.32 Å². The molecule has 0 aliphatic carbocycles. The topological polar surface area (TPSA) is 74.9 Å². The number of pyridine rings is 1. The first-order valence-corrected chi connectivity index (χ1v) is 11.3. The number of nitrogens with one attached hydrogen (secondary N) is 2. The fourth-order valence-electron chi connectivity index (χ4n) is 3.86. The molecule has 0 radical (unpaired) electrons. The van der Waals surface area contributed by atoms with E-state index in [1.54, 1.807) is 4.68 Å². The lowest BCUT2D eigenvalue weighted by Crippen LogP contribution is -2.26. The predicted octanol–water partition coefficient (Wildman–Crippen LogP) is 5.59. The zero-order valence-corrected chi connectivity index (χ0v) is 19.9. The van der Waals surface area contributed by atoms with E-state index in [4.69, 9.17) is 21.6 Å². The quantitative estimate of drug-likeness (QED) is 0.323. The number of rotatable bonds is 6. The molecule has 0 aliphatic rings. The van der Waals surface area contributed by atoms with E-state index >= 15 is 0 Å². The fraction of sp³-hybridized carbons (Fsp3) is 0.240. The number of hydrogen-bond donors (Lipinski definition) is 2. The van der Waals surface area contributed by atoms with Crippen LogP contribution in [0.4, 0.5) is 5.69 Å². The summed E-state index contributed by atoms with van der Waals surface area (Å²) in [6.45, 7) is 4.63. The molecule has 3 heterocycles. The Hall–Kier alpha value is -3.49. The van der Waals surface area contributed by atoms with Gasteiger partial charge in [-0.25, -0.2) is 9.67 Å². The number of hydrogen-bond acceptors (Lipinski definition) is 6. The van der Waals surface area contributed by atoms with Gasteiger partial charge in [-0.2, -0.15) is 0 Å². The number of nitrogens with zero attached hydrogens (tertiary/aromatic N) is 4. The molecule has 0 saturated carbocycles. The van der Waals surface area contributed by atoms with Crippen LogP contribution in [0.3, 0.4) is 0 Å². The van der Waals surface area contributed by atoms with Gasteiger partial charge < -0.3 is 14.3 Å². The lowest BCUT2D eigenvalue weighted by Gasteiger charge is -2.13. The van der Waals surface area contributed by atoms with Crippen LogP contribution >= 0.6 is 12.2 Å². The largest absolute Gasteiger partial charge is 0.408 e. The molecular weight excluding hydrogens is 432 g/mol. The van der Waals surface area contributed by atoms with Gasteiger partial charge in [0.2, 0.25) is 0 Å². The van der Waals surface area contributed by atoms with Crippen LogP contribution in [0, 0.1) is 4.84 Å². The van der Waals surface area contributed by atoms with Crippen molar-refractivity contribution < 1.29 is 4.42 Å². The minimum Gasteiger partial charge on any atom is -0.408 e. The minimum atomic E-state index is 0.310. The summed E-state index contributed by atoms with van der Waals surface area (Å²) in [6.07, 6.45) is 0. The minimum absolute atomic E-state index is 0.310. The maximum Gasteiger partial charge on any atom is 0.288 e. The van der Waals surface area contributed by atoms with Crippen molar-refractivity contribution in [3.8, 4) is 22.8 Å². The first-order chi connectivity index (χ1) is 15.9. The van der Waals surface area contributed by atoms with E-state index in [2.05, 4.69) is 70.5 Å². The Labute approximate surface area is 197 Å². The third kappa shape index (κ3) is 4.03. The van der Waals surface area contributed by atoms with Gasteiger partial charge in [-0.05, 0) is 50.3 Å². The highest BCUT2D eigenvalue weighted by atomic mass is 32.1. The molecule has 8 heteroatoms. The van der Waals surface area contributed by atoms with E-state index in [1.807, 2.05) is 32.3 Å². The van der Waals surface area contributed by atoms with Crippen molar-refractivity contribution in [2.24, 2.45) is 0 Å². The normalized spacial score (nSPS) is 11.7. The lowest BCUT2D eigenvalue weighted by atomic mass is 10.1. The van der Waals surface area contributed by atoms with Crippen molar-refractivity contribution >= 4 is 39.7 Å². The molecule has 0 fully saturated rings. The van der Waals surface area contributed by atoms with Crippen LogP contribution in [0.15, 0.2) is 59.0 Å². The molecule has 2 N–H and O–H groups in total. The standard InChI is InChI=1S/C25H26N6OS/c1-15(2)26-14-31-25(33)32-24(29-31)21-13-19-18-7-5-6-8-20(18)27-23(19)22(28-21)16-9-11-17(12-10-16)30(3)4/h5-13,15,26-27H,14H2,1-4H3. The predicted molar refractivity (Wildman–Crippen MR) is 136 cm³/mol. The number of aromatic amines is 1. The van der Waals surface area contributed by atoms with Gasteiger partial charge in [0.25, 0.3) is 10.7 Å². The van der Waals surface area contributed by atoms with Crippen molar-refractivity contribution in [2.75, 3.05) is 19.0 Å². The first kappa shape index (κ1) is 21.4. The first-order valence-electron chi connectivity index (χ1n) is 10.9. The molecular formula is C25H26N6OS. The van der Waals surface area contributed by atoms with Gasteiger partial charge in [0.1, 0.15) is 5.69 Å². The van der Waals surface area contributed by atoms with Crippen LogP contribution in [0.2, 0.25) is 0 Å². The Balaban J connectivity index is 1.70. The molecule has 0 atom stereocenters. The molecule has 168 valence electrons. The zero-order chi connectivity index (χ0) is 23.1. The van der Waals surface area contributed by atoms with E-state index in [0.717, 1.165) is 38.8 Å². The van der Waals surface area contributed by atoms with Crippen molar-refractivity contribution in [1.29, 1.82) is 0 Å². The van der Waals surface area contributed by atoms with Crippen molar-refractivity contribution in [2.45, 2.75) is 26.6 Å². The Morgan fingerprint density at radius 2 is 1.85 bits per heavy atom. The summed E-state index contributed by atoms with van der Waals surface area (Å²) in [4.78, 5) is 10.9. The molecule has 3 aromatic heterocycles. The number of anilines is 1. The molecule has 2 aromatic carbocycles. The van der Waals surface area contributed by atoms with Crippen LogP contribution in [0.1, 0.15) is 13.8 Å². The second-order valence-corrected chi connectivity index (χ2v) is 8.93. The summed E-state index contributed by atoms with van der Waals surface area (Å²) in [5.74, 6) is 0.406. The monoisotopic (exact) mass is 458 g/mol. The molecule has 7 nitrogen and oxygen atoms in total. The third-order valence-corrected chi connectivity index (χ3v) is 5.92. The Bertz CT molecular complexity index is 1490. The van der Waals surface area contributed by atoms with Crippen LogP contribution in [0.25, 0.3) is 44.6 Å². The average molecular weight is 459 g/mol. The van der Waals surface area contributed by atoms with Gasteiger partial charge in [0.15, 0.2) is 0 Å². The number of fused-ring (bicyclic) bond motifs is 3. The number of benzene rings is 2. The molecule has 0 spiro atoms. The van der Waals surface area contributed by atoms with E-state index < -0.39 is 0 Å². The van der Waals surface area contributed by atoms with Gasteiger partial charge >= 0.3 is 0 Å². The zero-order valence-electron chi connectivity index (χ0n) is 19.1. The third-order valence-electron chi connectivity index (χ3n) is 5.63. The van der Waals surface area contributed by atoms with Crippen LogP contribution in [-0.4, -0.2) is 39.9 Å². The van der Waals surface area contributed by atoms with Gasteiger partial charge in [0.05, 0.1) is 17.9 Å². The number of H-pyrrole nitrogens is 1. The van der Waals surface area contributed by atoms with E-state index in [9.17, 15) is 0 Å². The molecule has 0 amide bonds. The van der Waals surface area contributed by atoms with Crippen LogP contribution < -0.4 is 10.2 Å². The molecule has 0 unspecified atom stereocenters. The molecule has 5 rings (SSSR count). The number of para-hydroxylation sites is 1. The van der Waals surface area contributed by atoms with Crippen molar-refractivity contribution in [3.63, 3.8) is 0 Å². The second kappa shape index (κ2) is 8.46. The lowest BCUT2D eigenvalue weighted by molar-refractivity contribution is 0.441. The highest BCUT2D eigenvalue weighted by Gasteiger charge is 2.18. The summed E-state index contributed by atoms with van der Waals surface area (Å²) in [5, 5.41) is 10.1. The summed E-state index contributed by atoms with van der Waals surface area (Å²) < 4.78 is 7.51. The van der Waals surface area contributed by atoms with E-state index in [0.29, 0.717) is 29.1 Å². The molecule has 5 aromatic rings. The van der Waals surface area contributed by atoms with Crippen LogP contribution in [-0.2, 0) is 6.67 Å². The Morgan fingerprint density at radius 3 is 2.58 bits per heavy atom. The summed E-state index contributed by atoms with van der Waals surface area (Å²) >= 11 is 5.40. The summed E-state index contributed by atoms with van der Waals surface area (Å²) in [7, 11) is 4.06. The van der Waals surface area contributed by atoms with E-state index in [1.165, 1.54) is 0 Å². The molecule has 0 bridgehead atoms. The summed E-state index contributed by atoms with van der Waals surface area (Å²) in [5.41, 5.74) is 5.68. The Morgan fingerprint density at radius 1 is 1.09 bits per heavy atom. The SMILES string of the molecule is CC(C)NCn1nc(-c2cc3c([nH]c4ccccc43)c(-c3ccc(N(C)C)cc3)n2)oc1=S. The molecule has 0 aliphatic heterocycles. The smallest absolute Gasteiger partial charge is 0.288 e. The van der Waals surface area contributed by atoms with Gasteiger partial charge in [-0.15, -0.1) is 5.10 Å². The fourth-order valence-corrected chi connectivity index (χ4v) is 4.04. The van der Waals surface area contributed by atoms with Gasteiger partial charge in [-0.1, -0.05) is 30.3 Å². The second-order valence-electron chi connectivity index (χ2n) is 8.58. The van der Waals surface area contributed by atoms with Crippen molar-refractivity contribution in [1.82, 2.24) is 25.1 Å². The van der Waals surface area contributed by atoms with E-state index in [-0.39, 0.29) is 0 Å². The van der Waals surface area contributed by atoms with Crippen LogP contribution in [0.5, 0.6) is 0 Å². The van der Waals surface area contributed by atoms with Gasteiger partial charge in [0, 0.05) is 47.7 Å². The maximum atomic E-state index is 5.86.